The number of fused-ring (bicyclic) bond motifs is 1. The van der Waals surface area contributed by atoms with Gasteiger partial charge in [-0.05, 0) is 0 Å². The van der Waals surface area contributed by atoms with Crippen LogP contribution in [0.15, 0.2) is 18.2 Å². The monoisotopic (exact) mass is 375 g/mol. The van der Waals surface area contributed by atoms with E-state index in [1.807, 2.05) is 30.6 Å². The van der Waals surface area contributed by atoms with Gasteiger partial charge in [-0.25, -0.2) is 0 Å². The van der Waals surface area contributed by atoms with Gasteiger partial charge in [-0.2, -0.15) is 0 Å². The van der Waals surface area contributed by atoms with Gasteiger partial charge in [0.25, 0.3) is 0 Å². The zero-order valence-corrected chi connectivity index (χ0v) is 13.1. The van der Waals surface area contributed by atoms with E-state index in [0.717, 1.165) is 5.56 Å². The van der Waals surface area contributed by atoms with Crippen molar-refractivity contribution in [1.29, 1.82) is 0 Å². The van der Waals surface area contributed by atoms with Gasteiger partial charge in [-0.15, -0.1) is 0 Å². The molecule has 2 rings (SSSR count). The average molecular weight is 375 g/mol. The van der Waals surface area contributed by atoms with E-state index in [1.54, 1.807) is 6.07 Å². The summed E-state index contributed by atoms with van der Waals surface area (Å²) < 4.78 is 7.62. The van der Waals surface area contributed by atoms with E-state index >= 15 is 0 Å². The number of ether oxygens (including phenoxy) is 1. The van der Waals surface area contributed by atoms with Crippen LogP contribution in [0.1, 0.15) is 19.4 Å². The summed E-state index contributed by atoms with van der Waals surface area (Å²) in [6, 6.07) is 5.54. The second kappa shape index (κ2) is 5.69. The topological polar surface area (TPSA) is 38.3 Å². The second-order valence-electron chi connectivity index (χ2n) is 4.30. The molecule has 0 radical (unpaired) electrons. The van der Waals surface area contributed by atoms with Crippen molar-refractivity contribution >= 4 is 35.6 Å². The fourth-order valence-corrected chi connectivity index (χ4v) is 3.56. The molecule has 0 bridgehead atoms. The molecule has 6 heteroatoms. The van der Waals surface area contributed by atoms with Crippen molar-refractivity contribution in [3.63, 3.8) is 0 Å². The number of halogens is 2. The van der Waals surface area contributed by atoms with Crippen LogP contribution in [0.4, 0.5) is 5.69 Å². The molecule has 1 N–H and O–H groups in total. The fraction of sp³-hybridized carbons (Fsp3) is 0.333. The Morgan fingerprint density at radius 1 is 1.44 bits per heavy atom. The Balaban J connectivity index is 2.44. The molecule has 0 saturated carbocycles. The van der Waals surface area contributed by atoms with Crippen LogP contribution in [-0.4, -0.2) is 16.6 Å². The van der Waals surface area contributed by atoms with Crippen LogP contribution in [0.2, 0.25) is 0 Å². The van der Waals surface area contributed by atoms with Crippen LogP contribution in [0, 0.1) is 5.92 Å². The van der Waals surface area contributed by atoms with Crippen molar-refractivity contribution in [2.45, 2.75) is 20.0 Å². The van der Waals surface area contributed by atoms with Crippen molar-refractivity contribution in [1.82, 2.24) is 0 Å². The maximum absolute atomic E-state index is 11.8. The van der Waals surface area contributed by atoms with Gasteiger partial charge in [0.15, 0.2) is 0 Å². The SMILES string of the molecule is CC(C)C1Oc2c([CH]=[Ru]([Cl])[Cl])cccc2NC1=O. The molecule has 1 amide bonds. The van der Waals surface area contributed by atoms with E-state index in [9.17, 15) is 4.79 Å². The minimum absolute atomic E-state index is 0.103. The molecule has 1 aromatic rings. The van der Waals surface area contributed by atoms with Crippen molar-refractivity contribution in [3.8, 4) is 5.75 Å². The minimum atomic E-state index is -1.92. The van der Waals surface area contributed by atoms with Crippen LogP contribution in [0.3, 0.4) is 0 Å². The molecule has 0 saturated heterocycles. The summed E-state index contributed by atoms with van der Waals surface area (Å²) in [5.41, 5.74) is 1.52. The van der Waals surface area contributed by atoms with E-state index in [4.69, 9.17) is 24.1 Å². The van der Waals surface area contributed by atoms with Crippen LogP contribution >= 0.6 is 19.4 Å². The number of hydrogen-bond acceptors (Lipinski definition) is 2. The normalized spacial score (nSPS) is 18.8. The van der Waals surface area contributed by atoms with Crippen LogP contribution in [0.25, 0.3) is 0 Å². The van der Waals surface area contributed by atoms with Crippen molar-refractivity contribution < 1.29 is 23.0 Å². The predicted octanol–water partition coefficient (Wildman–Crippen LogP) is 3.12. The zero-order chi connectivity index (χ0) is 13.3. The molecular weight excluding hydrogens is 362 g/mol. The first-order valence-corrected chi connectivity index (χ1v) is 10.9. The number of hydrogen-bond donors (Lipinski definition) is 1. The van der Waals surface area contributed by atoms with Gasteiger partial charge >= 0.3 is 119 Å². The molecule has 0 fully saturated rings. The summed E-state index contributed by atoms with van der Waals surface area (Å²) in [5, 5.41) is 2.85. The molecule has 1 aliphatic rings. The number of carbonyl (C=O) groups excluding carboxylic acids is 1. The molecule has 1 unspecified atom stereocenters. The standard InChI is InChI=1S/C12H13NO2.2ClH.Ru/c1-7(2)10-12(14)13-9-6-4-5-8(3)11(9)15-10;;;/h3-7,10H,1-2H3,(H,13,14);2*1H;/q;;;+2/p-2. The average Bonchev–Trinajstić information content (AvgIpc) is 2.27. The fourth-order valence-electron chi connectivity index (χ4n) is 1.77. The summed E-state index contributed by atoms with van der Waals surface area (Å²) in [7, 11) is 11.8. The van der Waals surface area contributed by atoms with Crippen LogP contribution in [0.5, 0.6) is 5.75 Å². The number of para-hydroxylation sites is 1. The van der Waals surface area contributed by atoms with Crippen molar-refractivity contribution in [3.05, 3.63) is 23.8 Å². The molecule has 1 aromatic carbocycles. The summed E-state index contributed by atoms with van der Waals surface area (Å²) in [5.74, 6) is 0.656. The van der Waals surface area contributed by atoms with E-state index in [-0.39, 0.29) is 11.8 Å². The molecule has 0 spiro atoms. The first kappa shape index (κ1) is 14.0. The predicted molar refractivity (Wildman–Crippen MR) is 71.2 cm³/mol. The number of nitrogens with one attached hydrogen (secondary N) is 1. The molecule has 1 atom stereocenters. The van der Waals surface area contributed by atoms with E-state index in [1.165, 1.54) is 0 Å². The van der Waals surface area contributed by atoms with Gasteiger partial charge in [0.05, 0.1) is 0 Å². The molecule has 1 heterocycles. The Labute approximate surface area is 119 Å². The third-order valence-corrected chi connectivity index (χ3v) is 4.43. The molecule has 100 valence electrons. The van der Waals surface area contributed by atoms with Gasteiger partial charge in [0, 0.05) is 0 Å². The Hall–Kier alpha value is -0.437. The van der Waals surface area contributed by atoms with Gasteiger partial charge in [-0.3, -0.25) is 0 Å². The summed E-state index contributed by atoms with van der Waals surface area (Å²) in [6.45, 7) is 3.89. The van der Waals surface area contributed by atoms with Crippen molar-refractivity contribution in [2.24, 2.45) is 5.92 Å². The molecule has 0 aromatic heterocycles. The van der Waals surface area contributed by atoms with Gasteiger partial charge < -0.3 is 0 Å². The number of rotatable bonds is 2. The second-order valence-corrected chi connectivity index (χ2v) is 10.0. The summed E-state index contributed by atoms with van der Waals surface area (Å²) in [4.78, 5) is 11.8. The summed E-state index contributed by atoms with van der Waals surface area (Å²) >= 11 is -1.92. The number of anilines is 1. The van der Waals surface area contributed by atoms with Crippen molar-refractivity contribution in [2.75, 3.05) is 5.32 Å². The molecule has 1 aliphatic heterocycles. The first-order valence-electron chi connectivity index (χ1n) is 5.42. The third-order valence-electron chi connectivity index (χ3n) is 2.60. The molecule has 3 nitrogen and oxygen atoms in total. The molecule has 0 aliphatic carbocycles. The first-order chi connectivity index (χ1) is 8.49. The molecular formula is C12H13Cl2NO2Ru. The number of carbonyl (C=O) groups is 1. The maximum atomic E-state index is 11.8. The van der Waals surface area contributed by atoms with Gasteiger partial charge in [0.1, 0.15) is 0 Å². The quantitative estimate of drug-likeness (QED) is 0.807. The Bertz CT molecular complexity index is 513. The number of amides is 1. The van der Waals surface area contributed by atoms with Gasteiger partial charge in [-0.1, -0.05) is 0 Å². The Kier molecular flexibility index (Phi) is 4.42. The van der Waals surface area contributed by atoms with E-state index in [0.29, 0.717) is 11.4 Å². The zero-order valence-electron chi connectivity index (χ0n) is 9.89. The van der Waals surface area contributed by atoms with Crippen LogP contribution < -0.4 is 10.1 Å². The summed E-state index contributed by atoms with van der Waals surface area (Å²) in [6.07, 6.45) is -0.474. The molecule has 18 heavy (non-hydrogen) atoms. The Morgan fingerprint density at radius 2 is 2.17 bits per heavy atom. The van der Waals surface area contributed by atoms with E-state index < -0.39 is 19.6 Å². The van der Waals surface area contributed by atoms with Crippen LogP contribution in [-0.2, 0) is 18.3 Å². The third kappa shape index (κ3) is 2.93. The Morgan fingerprint density at radius 3 is 2.78 bits per heavy atom. The van der Waals surface area contributed by atoms with E-state index in [2.05, 4.69) is 5.32 Å². The van der Waals surface area contributed by atoms with Gasteiger partial charge in [0.2, 0.25) is 0 Å². The number of benzene rings is 1.